The van der Waals surface area contributed by atoms with Crippen LogP contribution < -0.4 is 5.32 Å². The Labute approximate surface area is 107 Å². The molecule has 0 unspecified atom stereocenters. The zero-order valence-electron chi connectivity index (χ0n) is 9.57. The molecule has 0 saturated carbocycles. The standard InChI is InChI=1S/C11H13BrN4O/c1-7(2)16-6-8(12)5-9(16)10(17)15-11-13-3-4-14-11/h3-7H,1-2H3,(H2,13,14,15,17). The lowest BCUT2D eigenvalue weighted by atomic mass is 10.3. The van der Waals surface area contributed by atoms with Crippen molar-refractivity contribution < 1.29 is 4.79 Å². The van der Waals surface area contributed by atoms with Gasteiger partial charge in [-0.05, 0) is 35.8 Å². The van der Waals surface area contributed by atoms with Crippen LogP contribution in [0.5, 0.6) is 0 Å². The van der Waals surface area contributed by atoms with E-state index in [4.69, 9.17) is 0 Å². The van der Waals surface area contributed by atoms with Crippen LogP contribution in [0.4, 0.5) is 5.95 Å². The summed E-state index contributed by atoms with van der Waals surface area (Å²) in [5.41, 5.74) is 0.600. The van der Waals surface area contributed by atoms with Gasteiger partial charge in [0, 0.05) is 29.1 Å². The molecule has 17 heavy (non-hydrogen) atoms. The van der Waals surface area contributed by atoms with Gasteiger partial charge in [-0.1, -0.05) is 0 Å². The van der Waals surface area contributed by atoms with Gasteiger partial charge < -0.3 is 9.55 Å². The summed E-state index contributed by atoms with van der Waals surface area (Å²) in [7, 11) is 0. The number of aromatic amines is 1. The van der Waals surface area contributed by atoms with E-state index in [9.17, 15) is 4.79 Å². The van der Waals surface area contributed by atoms with Crippen molar-refractivity contribution in [2.24, 2.45) is 0 Å². The van der Waals surface area contributed by atoms with E-state index in [2.05, 4.69) is 31.2 Å². The van der Waals surface area contributed by atoms with Crippen molar-refractivity contribution in [2.45, 2.75) is 19.9 Å². The van der Waals surface area contributed by atoms with Crippen molar-refractivity contribution >= 4 is 27.8 Å². The third kappa shape index (κ3) is 2.58. The second-order valence-electron chi connectivity index (χ2n) is 3.94. The predicted octanol–water partition coefficient (Wildman–Crippen LogP) is 2.81. The smallest absolute Gasteiger partial charge is 0.274 e. The molecule has 0 aliphatic carbocycles. The molecule has 0 spiro atoms. The van der Waals surface area contributed by atoms with Gasteiger partial charge >= 0.3 is 0 Å². The molecule has 2 N–H and O–H groups in total. The summed E-state index contributed by atoms with van der Waals surface area (Å²) in [4.78, 5) is 18.8. The number of anilines is 1. The van der Waals surface area contributed by atoms with Crippen LogP contribution >= 0.6 is 15.9 Å². The van der Waals surface area contributed by atoms with Crippen LogP contribution in [0.3, 0.4) is 0 Å². The molecule has 2 heterocycles. The van der Waals surface area contributed by atoms with Crippen molar-refractivity contribution in [1.82, 2.24) is 14.5 Å². The monoisotopic (exact) mass is 296 g/mol. The molecule has 6 heteroatoms. The number of rotatable bonds is 3. The first-order valence-electron chi connectivity index (χ1n) is 5.26. The van der Waals surface area contributed by atoms with E-state index in [0.717, 1.165) is 4.47 Å². The van der Waals surface area contributed by atoms with Gasteiger partial charge in [0.1, 0.15) is 5.69 Å². The molecule has 2 aromatic rings. The number of carbonyl (C=O) groups is 1. The first-order chi connectivity index (χ1) is 8.08. The highest BCUT2D eigenvalue weighted by Gasteiger charge is 2.15. The number of amides is 1. The van der Waals surface area contributed by atoms with E-state index >= 15 is 0 Å². The number of nitrogens with one attached hydrogen (secondary N) is 2. The zero-order chi connectivity index (χ0) is 12.4. The number of hydrogen-bond donors (Lipinski definition) is 2. The lowest BCUT2D eigenvalue weighted by molar-refractivity contribution is 0.101. The normalized spacial score (nSPS) is 10.8. The molecule has 0 radical (unpaired) electrons. The van der Waals surface area contributed by atoms with E-state index < -0.39 is 0 Å². The van der Waals surface area contributed by atoms with E-state index in [1.165, 1.54) is 0 Å². The molecule has 2 rings (SSSR count). The molecular weight excluding hydrogens is 284 g/mol. The van der Waals surface area contributed by atoms with Gasteiger partial charge in [-0.25, -0.2) is 4.98 Å². The summed E-state index contributed by atoms with van der Waals surface area (Å²) in [6.45, 7) is 4.05. The average molecular weight is 297 g/mol. The highest BCUT2D eigenvalue weighted by molar-refractivity contribution is 9.10. The van der Waals surface area contributed by atoms with Crippen LogP contribution in [-0.4, -0.2) is 20.4 Å². The first-order valence-corrected chi connectivity index (χ1v) is 6.05. The Bertz CT molecular complexity index is 516. The SMILES string of the molecule is CC(C)n1cc(Br)cc1C(=O)Nc1ncc[nH]1. The quantitative estimate of drug-likeness (QED) is 0.915. The number of nitrogens with zero attached hydrogens (tertiary/aromatic N) is 2. The van der Waals surface area contributed by atoms with Crippen LogP contribution in [0.2, 0.25) is 0 Å². The highest BCUT2D eigenvalue weighted by atomic mass is 79.9. The van der Waals surface area contributed by atoms with Crippen LogP contribution in [0.1, 0.15) is 30.4 Å². The van der Waals surface area contributed by atoms with Gasteiger partial charge in [0.25, 0.3) is 5.91 Å². The van der Waals surface area contributed by atoms with Crippen molar-refractivity contribution in [2.75, 3.05) is 5.32 Å². The van der Waals surface area contributed by atoms with Gasteiger partial charge in [-0.15, -0.1) is 0 Å². The average Bonchev–Trinajstić information content (AvgIpc) is 2.86. The number of imidazole rings is 1. The lowest BCUT2D eigenvalue weighted by Gasteiger charge is -2.11. The van der Waals surface area contributed by atoms with Crippen LogP contribution in [0.15, 0.2) is 29.1 Å². The fraction of sp³-hybridized carbons (Fsp3) is 0.273. The van der Waals surface area contributed by atoms with Gasteiger partial charge in [0.15, 0.2) is 0 Å². The maximum atomic E-state index is 12.0. The fourth-order valence-corrected chi connectivity index (χ4v) is 2.00. The van der Waals surface area contributed by atoms with Gasteiger partial charge in [0.05, 0.1) is 0 Å². The van der Waals surface area contributed by atoms with E-state index in [0.29, 0.717) is 11.6 Å². The maximum Gasteiger partial charge on any atom is 0.274 e. The highest BCUT2D eigenvalue weighted by Crippen LogP contribution is 2.20. The van der Waals surface area contributed by atoms with Crippen LogP contribution in [-0.2, 0) is 0 Å². The Morgan fingerprint density at radius 1 is 1.59 bits per heavy atom. The van der Waals surface area contributed by atoms with E-state index in [-0.39, 0.29) is 11.9 Å². The maximum absolute atomic E-state index is 12.0. The topological polar surface area (TPSA) is 62.7 Å². The van der Waals surface area contributed by atoms with E-state index in [1.54, 1.807) is 18.5 Å². The van der Waals surface area contributed by atoms with Crippen LogP contribution in [0, 0.1) is 0 Å². The Kier molecular flexibility index (Phi) is 3.33. The van der Waals surface area contributed by atoms with Crippen molar-refractivity contribution in [3.63, 3.8) is 0 Å². The molecule has 0 fully saturated rings. The lowest BCUT2D eigenvalue weighted by Crippen LogP contribution is -2.18. The molecule has 0 bridgehead atoms. The molecule has 0 aliphatic heterocycles. The van der Waals surface area contributed by atoms with Crippen molar-refractivity contribution in [3.05, 3.63) is 34.8 Å². The van der Waals surface area contributed by atoms with Gasteiger partial charge in [-0.3, -0.25) is 10.1 Å². The summed E-state index contributed by atoms with van der Waals surface area (Å²) in [5.74, 6) is 0.266. The van der Waals surface area contributed by atoms with Crippen molar-refractivity contribution in [3.8, 4) is 0 Å². The summed E-state index contributed by atoms with van der Waals surface area (Å²) in [6, 6.07) is 2.01. The minimum atomic E-state index is -0.181. The zero-order valence-corrected chi connectivity index (χ0v) is 11.2. The van der Waals surface area contributed by atoms with Gasteiger partial charge in [0.2, 0.25) is 5.95 Å². The molecule has 90 valence electrons. The van der Waals surface area contributed by atoms with Crippen molar-refractivity contribution in [1.29, 1.82) is 0 Å². The molecule has 0 aromatic carbocycles. The summed E-state index contributed by atoms with van der Waals surface area (Å²) >= 11 is 3.37. The molecule has 0 aliphatic rings. The Hall–Kier alpha value is -1.56. The second-order valence-corrected chi connectivity index (χ2v) is 4.85. The number of halogens is 1. The summed E-state index contributed by atoms with van der Waals surface area (Å²) < 4.78 is 2.79. The third-order valence-corrected chi connectivity index (χ3v) is 2.77. The second kappa shape index (κ2) is 4.75. The largest absolute Gasteiger partial charge is 0.340 e. The number of H-pyrrole nitrogens is 1. The Balaban J connectivity index is 2.24. The fourth-order valence-electron chi connectivity index (χ4n) is 1.56. The van der Waals surface area contributed by atoms with Gasteiger partial charge in [-0.2, -0.15) is 0 Å². The molecular formula is C11H13BrN4O. The molecule has 1 amide bonds. The predicted molar refractivity (Wildman–Crippen MR) is 69.1 cm³/mol. The Morgan fingerprint density at radius 2 is 2.35 bits per heavy atom. The first kappa shape index (κ1) is 11.9. The molecule has 5 nitrogen and oxygen atoms in total. The number of carbonyl (C=O) groups excluding carboxylic acids is 1. The number of aromatic nitrogens is 3. The minimum Gasteiger partial charge on any atom is -0.340 e. The Morgan fingerprint density at radius 3 is 2.94 bits per heavy atom. The summed E-state index contributed by atoms with van der Waals surface area (Å²) in [5, 5.41) is 2.70. The molecule has 0 saturated heterocycles. The van der Waals surface area contributed by atoms with E-state index in [1.807, 2.05) is 24.6 Å². The summed E-state index contributed by atoms with van der Waals surface area (Å²) in [6.07, 6.45) is 5.14. The minimum absolute atomic E-state index is 0.181. The third-order valence-electron chi connectivity index (χ3n) is 2.33. The molecule has 2 aromatic heterocycles. The van der Waals surface area contributed by atoms with Crippen LogP contribution in [0.25, 0.3) is 0 Å². The molecule has 0 atom stereocenters. The number of hydrogen-bond acceptors (Lipinski definition) is 2.